The number of ether oxygens (including phenoxy) is 2. The van der Waals surface area contributed by atoms with Gasteiger partial charge in [0, 0.05) is 24.5 Å². The molecule has 5 nitrogen and oxygen atoms in total. The summed E-state index contributed by atoms with van der Waals surface area (Å²) in [5.41, 5.74) is 0. The highest BCUT2D eigenvalue weighted by Gasteiger charge is 2.58. The van der Waals surface area contributed by atoms with Crippen LogP contribution >= 0.6 is 0 Å². The van der Waals surface area contributed by atoms with Gasteiger partial charge in [-0.1, -0.05) is 32.4 Å². The summed E-state index contributed by atoms with van der Waals surface area (Å²) in [6, 6.07) is 0. The van der Waals surface area contributed by atoms with Crippen molar-refractivity contribution in [1.82, 2.24) is 0 Å². The third-order valence-electron chi connectivity index (χ3n) is 7.93. The SMILES string of the molecule is CC[C@H]1C[C@@H]2C[C@@H]3[C@H](C/C=C/C(=O)OC)[C@@H](/C=C/C(=O)OC)CC(=O)[C@@H]3[C@@H]2[C@H]1C. The predicted octanol–water partition coefficient (Wildman–Crippen LogP) is 3.97. The second-order valence-corrected chi connectivity index (χ2v) is 9.07. The monoisotopic (exact) mass is 402 g/mol. The summed E-state index contributed by atoms with van der Waals surface area (Å²) in [5.74, 6) is 2.75. The van der Waals surface area contributed by atoms with Crippen molar-refractivity contribution in [1.29, 1.82) is 0 Å². The number of carbonyl (C=O) groups is 3. The Morgan fingerprint density at radius 1 is 1.10 bits per heavy atom. The third kappa shape index (κ3) is 4.34. The van der Waals surface area contributed by atoms with E-state index in [1.165, 1.54) is 39.2 Å². The molecule has 5 heteroatoms. The molecule has 3 rings (SSSR count). The molecule has 8 atom stereocenters. The molecular weight excluding hydrogens is 368 g/mol. The Labute approximate surface area is 173 Å². The molecule has 0 aromatic rings. The average molecular weight is 403 g/mol. The second kappa shape index (κ2) is 9.27. The number of fused-ring (bicyclic) bond motifs is 3. The molecule has 3 aliphatic carbocycles. The molecule has 0 aliphatic heterocycles. The van der Waals surface area contributed by atoms with Crippen LogP contribution in [0.25, 0.3) is 0 Å². The van der Waals surface area contributed by atoms with E-state index in [0.29, 0.717) is 42.3 Å². The summed E-state index contributed by atoms with van der Waals surface area (Å²) in [7, 11) is 2.72. The molecule has 0 aromatic carbocycles. The van der Waals surface area contributed by atoms with Crippen LogP contribution < -0.4 is 0 Å². The van der Waals surface area contributed by atoms with Crippen molar-refractivity contribution in [2.75, 3.05) is 14.2 Å². The normalized spacial score (nSPS) is 39.0. The second-order valence-electron chi connectivity index (χ2n) is 9.07. The maximum Gasteiger partial charge on any atom is 0.330 e. The minimum absolute atomic E-state index is 0.00116. The standard InChI is InChI=1S/C24H34O5/c1-5-15-11-17-12-19-18(7-6-8-21(26)28-3)16(9-10-22(27)29-4)13-20(25)24(19)23(17)14(15)2/h6,8-10,14-19,23-24H,5,7,11-13H2,1-4H3/b8-6+,10-9+/t14-,15-,16-,17+,18+,19+,23+,24+/m0/s1. The quantitative estimate of drug-likeness (QED) is 0.497. The minimum Gasteiger partial charge on any atom is -0.466 e. The molecule has 0 N–H and O–H groups in total. The number of esters is 2. The first kappa shape index (κ1) is 21.8. The van der Waals surface area contributed by atoms with Gasteiger partial charge in [-0.25, -0.2) is 9.59 Å². The molecule has 0 amide bonds. The van der Waals surface area contributed by atoms with Gasteiger partial charge in [0.1, 0.15) is 5.78 Å². The van der Waals surface area contributed by atoms with Gasteiger partial charge in [-0.05, 0) is 60.7 Å². The van der Waals surface area contributed by atoms with E-state index < -0.39 is 5.97 Å². The summed E-state index contributed by atoms with van der Waals surface area (Å²) >= 11 is 0. The van der Waals surface area contributed by atoms with E-state index in [2.05, 4.69) is 13.8 Å². The van der Waals surface area contributed by atoms with E-state index in [9.17, 15) is 14.4 Å². The fraction of sp³-hybridized carbons (Fsp3) is 0.708. The fourth-order valence-corrected chi connectivity index (χ4v) is 6.65. The average Bonchev–Trinajstić information content (AvgIpc) is 3.24. The van der Waals surface area contributed by atoms with E-state index in [-0.39, 0.29) is 23.7 Å². The molecule has 0 heterocycles. The van der Waals surface area contributed by atoms with Gasteiger partial charge in [0.2, 0.25) is 0 Å². The summed E-state index contributed by atoms with van der Waals surface area (Å²) in [4.78, 5) is 36.3. The van der Waals surface area contributed by atoms with Gasteiger partial charge in [0.05, 0.1) is 14.2 Å². The predicted molar refractivity (Wildman–Crippen MR) is 110 cm³/mol. The van der Waals surface area contributed by atoms with Crippen LogP contribution in [-0.4, -0.2) is 31.9 Å². The Bertz CT molecular complexity index is 693. The maximum atomic E-state index is 13.2. The van der Waals surface area contributed by atoms with Crippen molar-refractivity contribution in [3.63, 3.8) is 0 Å². The molecule has 0 unspecified atom stereocenters. The Kier molecular flexibility index (Phi) is 6.97. The number of hydrogen-bond donors (Lipinski definition) is 0. The van der Waals surface area contributed by atoms with Crippen molar-refractivity contribution in [2.45, 2.75) is 46.0 Å². The van der Waals surface area contributed by atoms with Crippen LogP contribution in [0.15, 0.2) is 24.3 Å². The van der Waals surface area contributed by atoms with Gasteiger partial charge in [-0.2, -0.15) is 0 Å². The van der Waals surface area contributed by atoms with Crippen molar-refractivity contribution >= 4 is 17.7 Å². The number of Topliss-reactive ketones (excluding diaryl/α,β-unsaturated/α-hetero) is 1. The minimum atomic E-state index is -0.397. The van der Waals surface area contributed by atoms with Crippen LogP contribution in [0.3, 0.4) is 0 Å². The van der Waals surface area contributed by atoms with Crippen molar-refractivity contribution in [3.05, 3.63) is 24.3 Å². The van der Waals surface area contributed by atoms with Crippen molar-refractivity contribution < 1.29 is 23.9 Å². The van der Waals surface area contributed by atoms with Crippen LogP contribution in [0.1, 0.15) is 46.0 Å². The topological polar surface area (TPSA) is 69.7 Å². The van der Waals surface area contributed by atoms with E-state index in [1.54, 1.807) is 0 Å². The molecule has 3 aliphatic rings. The molecule has 3 saturated carbocycles. The number of ketones is 1. The lowest BCUT2D eigenvalue weighted by Gasteiger charge is -2.40. The zero-order valence-electron chi connectivity index (χ0n) is 18.0. The smallest absolute Gasteiger partial charge is 0.330 e. The molecule has 29 heavy (non-hydrogen) atoms. The Hall–Kier alpha value is -1.91. The number of carbonyl (C=O) groups excluding carboxylic acids is 3. The lowest BCUT2D eigenvalue weighted by molar-refractivity contribution is -0.135. The van der Waals surface area contributed by atoms with Gasteiger partial charge < -0.3 is 9.47 Å². The zero-order valence-corrected chi connectivity index (χ0v) is 18.0. The van der Waals surface area contributed by atoms with E-state index in [4.69, 9.17) is 9.47 Å². The van der Waals surface area contributed by atoms with Crippen molar-refractivity contribution in [3.8, 4) is 0 Å². The summed E-state index contributed by atoms with van der Waals surface area (Å²) in [6.07, 6.45) is 11.3. The van der Waals surface area contributed by atoms with E-state index in [1.807, 2.05) is 12.2 Å². The Morgan fingerprint density at radius 2 is 1.79 bits per heavy atom. The fourth-order valence-electron chi connectivity index (χ4n) is 6.65. The summed E-state index contributed by atoms with van der Waals surface area (Å²) in [5, 5.41) is 0. The molecule has 0 saturated heterocycles. The number of rotatable bonds is 6. The van der Waals surface area contributed by atoms with Gasteiger partial charge in [0.25, 0.3) is 0 Å². The van der Waals surface area contributed by atoms with Gasteiger partial charge in [-0.15, -0.1) is 0 Å². The van der Waals surface area contributed by atoms with Gasteiger partial charge in [-0.3, -0.25) is 4.79 Å². The molecule has 3 fully saturated rings. The molecule has 0 radical (unpaired) electrons. The first-order chi connectivity index (χ1) is 13.9. The molecule has 0 bridgehead atoms. The van der Waals surface area contributed by atoms with Crippen LogP contribution in [0.5, 0.6) is 0 Å². The number of methoxy groups -OCH3 is 2. The number of allylic oxidation sites excluding steroid dienone is 2. The van der Waals surface area contributed by atoms with Crippen LogP contribution in [0.2, 0.25) is 0 Å². The van der Waals surface area contributed by atoms with Gasteiger partial charge in [0.15, 0.2) is 0 Å². The third-order valence-corrected chi connectivity index (χ3v) is 7.93. The molecular formula is C24H34O5. The lowest BCUT2D eigenvalue weighted by atomic mass is 9.63. The summed E-state index contributed by atoms with van der Waals surface area (Å²) < 4.78 is 9.44. The maximum absolute atomic E-state index is 13.2. The molecule has 160 valence electrons. The highest BCUT2D eigenvalue weighted by atomic mass is 16.5. The molecule has 0 spiro atoms. The first-order valence-corrected chi connectivity index (χ1v) is 10.9. The Balaban J connectivity index is 1.84. The van der Waals surface area contributed by atoms with E-state index >= 15 is 0 Å². The van der Waals surface area contributed by atoms with Crippen LogP contribution in [-0.2, 0) is 23.9 Å². The van der Waals surface area contributed by atoms with Crippen LogP contribution in [0.4, 0.5) is 0 Å². The highest BCUT2D eigenvalue weighted by molar-refractivity contribution is 5.85. The Morgan fingerprint density at radius 3 is 2.45 bits per heavy atom. The number of hydrogen-bond acceptors (Lipinski definition) is 5. The zero-order chi connectivity index (χ0) is 21.1. The largest absolute Gasteiger partial charge is 0.466 e. The first-order valence-electron chi connectivity index (χ1n) is 10.9. The van der Waals surface area contributed by atoms with Crippen molar-refractivity contribution in [2.24, 2.45) is 47.3 Å². The lowest BCUT2D eigenvalue weighted by Crippen LogP contribution is -2.41. The molecule has 0 aromatic heterocycles. The summed E-state index contributed by atoms with van der Waals surface area (Å²) in [6.45, 7) is 4.60. The highest BCUT2D eigenvalue weighted by Crippen LogP contribution is 2.61. The van der Waals surface area contributed by atoms with E-state index in [0.717, 1.165) is 12.3 Å². The van der Waals surface area contributed by atoms with Gasteiger partial charge >= 0.3 is 11.9 Å². The van der Waals surface area contributed by atoms with Crippen LogP contribution in [0, 0.1) is 47.3 Å².